The van der Waals surface area contributed by atoms with Crippen molar-refractivity contribution >= 4 is 11.5 Å². The molecule has 8 nitrogen and oxygen atoms in total. The van der Waals surface area contributed by atoms with Crippen LogP contribution in [0.15, 0.2) is 23.3 Å². The first-order chi connectivity index (χ1) is 10.2. The predicted octanol–water partition coefficient (Wildman–Crippen LogP) is 0.0787. The SMILES string of the molecule is Cc1nc2c(c(=O)[nH]1)CN(c1ccc3nncn3n1)CC2. The predicted molar refractivity (Wildman–Crippen MR) is 75.1 cm³/mol. The Bertz CT molecular complexity index is 882. The summed E-state index contributed by atoms with van der Waals surface area (Å²) in [6.45, 7) is 3.09. The van der Waals surface area contributed by atoms with Gasteiger partial charge in [-0.2, -0.15) is 4.52 Å². The zero-order valence-electron chi connectivity index (χ0n) is 11.4. The molecule has 21 heavy (non-hydrogen) atoms. The Morgan fingerprint density at radius 2 is 2.24 bits per heavy atom. The third-order valence-corrected chi connectivity index (χ3v) is 3.66. The topological polar surface area (TPSA) is 92.1 Å². The van der Waals surface area contributed by atoms with Gasteiger partial charge in [-0.15, -0.1) is 15.3 Å². The van der Waals surface area contributed by atoms with Crippen LogP contribution in [0.2, 0.25) is 0 Å². The number of anilines is 1. The molecule has 0 aliphatic carbocycles. The summed E-state index contributed by atoms with van der Waals surface area (Å²) in [6.07, 6.45) is 2.30. The first-order valence-corrected chi connectivity index (χ1v) is 6.71. The molecule has 106 valence electrons. The Morgan fingerprint density at radius 3 is 3.14 bits per heavy atom. The summed E-state index contributed by atoms with van der Waals surface area (Å²) in [7, 11) is 0. The van der Waals surface area contributed by atoms with Crippen LogP contribution in [-0.4, -0.2) is 36.3 Å². The summed E-state index contributed by atoms with van der Waals surface area (Å²) in [5.41, 5.74) is 2.24. The molecule has 0 radical (unpaired) electrons. The second kappa shape index (κ2) is 4.37. The maximum Gasteiger partial charge on any atom is 0.256 e. The largest absolute Gasteiger partial charge is 0.350 e. The molecule has 3 aromatic heterocycles. The van der Waals surface area contributed by atoms with E-state index in [-0.39, 0.29) is 5.56 Å². The van der Waals surface area contributed by atoms with Gasteiger partial charge in [0.2, 0.25) is 0 Å². The van der Waals surface area contributed by atoms with E-state index in [0.29, 0.717) is 18.0 Å². The van der Waals surface area contributed by atoms with E-state index in [0.717, 1.165) is 30.0 Å². The number of rotatable bonds is 1. The highest BCUT2D eigenvalue weighted by molar-refractivity contribution is 5.46. The number of hydrogen-bond acceptors (Lipinski definition) is 6. The molecule has 4 heterocycles. The molecule has 8 heteroatoms. The number of hydrogen-bond donors (Lipinski definition) is 1. The maximum atomic E-state index is 12.1. The summed E-state index contributed by atoms with van der Waals surface area (Å²) in [5, 5.41) is 12.2. The van der Waals surface area contributed by atoms with Crippen LogP contribution in [-0.2, 0) is 13.0 Å². The lowest BCUT2D eigenvalue weighted by molar-refractivity contribution is 0.675. The van der Waals surface area contributed by atoms with Gasteiger partial charge in [0, 0.05) is 13.0 Å². The van der Waals surface area contributed by atoms with Gasteiger partial charge in [0.25, 0.3) is 5.56 Å². The van der Waals surface area contributed by atoms with Crippen LogP contribution in [0.1, 0.15) is 17.1 Å². The molecule has 0 bridgehead atoms. The van der Waals surface area contributed by atoms with E-state index in [2.05, 4.69) is 30.2 Å². The van der Waals surface area contributed by atoms with Crippen molar-refractivity contribution in [2.45, 2.75) is 19.9 Å². The Morgan fingerprint density at radius 1 is 1.33 bits per heavy atom. The minimum atomic E-state index is -0.0624. The van der Waals surface area contributed by atoms with Gasteiger partial charge in [0.05, 0.1) is 17.8 Å². The second-order valence-corrected chi connectivity index (χ2v) is 5.07. The summed E-state index contributed by atoms with van der Waals surface area (Å²) < 4.78 is 1.63. The van der Waals surface area contributed by atoms with Crippen LogP contribution >= 0.6 is 0 Å². The molecular formula is C13H13N7O. The Kier molecular flexibility index (Phi) is 2.50. The average Bonchev–Trinajstić information content (AvgIpc) is 2.94. The summed E-state index contributed by atoms with van der Waals surface area (Å²) in [5.74, 6) is 1.46. The van der Waals surface area contributed by atoms with Gasteiger partial charge >= 0.3 is 0 Å². The van der Waals surface area contributed by atoms with Crippen molar-refractivity contribution in [3.8, 4) is 0 Å². The van der Waals surface area contributed by atoms with Crippen molar-refractivity contribution < 1.29 is 0 Å². The number of aryl methyl sites for hydroxylation is 1. The fourth-order valence-electron chi connectivity index (χ4n) is 2.63. The molecule has 0 spiro atoms. The van der Waals surface area contributed by atoms with E-state index in [9.17, 15) is 4.79 Å². The molecule has 0 aromatic carbocycles. The van der Waals surface area contributed by atoms with Crippen LogP contribution in [0.4, 0.5) is 5.82 Å². The number of fused-ring (bicyclic) bond motifs is 2. The van der Waals surface area contributed by atoms with Crippen molar-refractivity contribution in [2.75, 3.05) is 11.4 Å². The minimum absolute atomic E-state index is 0.0624. The lowest BCUT2D eigenvalue weighted by Crippen LogP contribution is -2.36. The van der Waals surface area contributed by atoms with E-state index in [1.165, 1.54) is 0 Å². The minimum Gasteiger partial charge on any atom is -0.350 e. The Labute approximate surface area is 119 Å². The highest BCUT2D eigenvalue weighted by atomic mass is 16.1. The molecule has 0 unspecified atom stereocenters. The van der Waals surface area contributed by atoms with Crippen LogP contribution in [0.3, 0.4) is 0 Å². The van der Waals surface area contributed by atoms with Crippen molar-refractivity contribution in [3.63, 3.8) is 0 Å². The zero-order chi connectivity index (χ0) is 14.4. The van der Waals surface area contributed by atoms with Gasteiger partial charge < -0.3 is 9.88 Å². The Hall–Kier alpha value is -2.77. The third-order valence-electron chi connectivity index (χ3n) is 3.66. The van der Waals surface area contributed by atoms with Crippen molar-refractivity contribution in [2.24, 2.45) is 0 Å². The standard InChI is InChI=1S/C13H13N7O/c1-8-15-10-4-5-19(6-9(10)13(21)16-8)12-3-2-11-17-14-7-20(11)18-12/h2-3,7H,4-6H2,1H3,(H,15,16,21). The molecule has 0 saturated heterocycles. The van der Waals surface area contributed by atoms with Crippen molar-refractivity contribution in [1.29, 1.82) is 0 Å². The quantitative estimate of drug-likeness (QED) is 0.680. The molecule has 1 aliphatic heterocycles. The molecule has 0 amide bonds. The lowest BCUT2D eigenvalue weighted by Gasteiger charge is -2.28. The van der Waals surface area contributed by atoms with E-state index >= 15 is 0 Å². The third kappa shape index (κ3) is 1.95. The number of nitrogens with zero attached hydrogens (tertiary/aromatic N) is 6. The highest BCUT2D eigenvalue weighted by Crippen LogP contribution is 2.19. The first kappa shape index (κ1) is 12.0. The van der Waals surface area contributed by atoms with Gasteiger partial charge in [-0.3, -0.25) is 4.79 Å². The van der Waals surface area contributed by atoms with E-state index < -0.39 is 0 Å². The first-order valence-electron chi connectivity index (χ1n) is 6.71. The van der Waals surface area contributed by atoms with Gasteiger partial charge in [0.15, 0.2) is 5.65 Å². The maximum absolute atomic E-state index is 12.1. The number of H-pyrrole nitrogens is 1. The Balaban J connectivity index is 1.73. The second-order valence-electron chi connectivity index (χ2n) is 5.07. The number of nitrogens with one attached hydrogen (secondary N) is 1. The van der Waals surface area contributed by atoms with E-state index in [4.69, 9.17) is 0 Å². The molecule has 1 aliphatic rings. The summed E-state index contributed by atoms with van der Waals surface area (Å²) >= 11 is 0. The van der Waals surface area contributed by atoms with Crippen molar-refractivity contribution in [3.05, 3.63) is 45.9 Å². The van der Waals surface area contributed by atoms with E-state index in [1.807, 2.05) is 12.1 Å². The summed E-state index contributed by atoms with van der Waals surface area (Å²) in [6, 6.07) is 3.76. The molecule has 4 rings (SSSR count). The summed E-state index contributed by atoms with van der Waals surface area (Å²) in [4.78, 5) is 21.3. The van der Waals surface area contributed by atoms with Gasteiger partial charge in [-0.05, 0) is 19.1 Å². The van der Waals surface area contributed by atoms with Gasteiger partial charge in [-0.1, -0.05) is 0 Å². The molecule has 3 aromatic rings. The monoisotopic (exact) mass is 283 g/mol. The van der Waals surface area contributed by atoms with Crippen LogP contribution < -0.4 is 10.5 Å². The zero-order valence-corrected chi connectivity index (χ0v) is 11.4. The fraction of sp³-hybridized carbons (Fsp3) is 0.308. The fourth-order valence-corrected chi connectivity index (χ4v) is 2.63. The molecule has 0 atom stereocenters. The van der Waals surface area contributed by atoms with Crippen molar-refractivity contribution in [1.82, 2.24) is 29.8 Å². The van der Waals surface area contributed by atoms with E-state index in [1.54, 1.807) is 17.8 Å². The van der Waals surface area contributed by atoms with Crippen LogP contribution in [0, 0.1) is 6.92 Å². The molecule has 0 saturated carbocycles. The average molecular weight is 283 g/mol. The molecule has 1 N–H and O–H groups in total. The smallest absolute Gasteiger partial charge is 0.256 e. The normalized spacial score (nSPS) is 14.4. The number of aromatic amines is 1. The van der Waals surface area contributed by atoms with Gasteiger partial charge in [-0.25, -0.2) is 4.98 Å². The lowest BCUT2D eigenvalue weighted by atomic mass is 10.1. The highest BCUT2D eigenvalue weighted by Gasteiger charge is 2.22. The molecule has 0 fully saturated rings. The number of aromatic nitrogens is 6. The van der Waals surface area contributed by atoms with Crippen LogP contribution in [0.5, 0.6) is 0 Å². The molecular weight excluding hydrogens is 270 g/mol. The van der Waals surface area contributed by atoms with Crippen LogP contribution in [0.25, 0.3) is 5.65 Å². The van der Waals surface area contributed by atoms with Gasteiger partial charge in [0.1, 0.15) is 18.0 Å².